The molecule has 0 unspecified atom stereocenters. The van der Waals surface area contributed by atoms with Crippen molar-refractivity contribution >= 4 is 10.2 Å². The zero-order valence-electron chi connectivity index (χ0n) is 13.5. The highest BCUT2D eigenvalue weighted by atomic mass is 32.2. The molecule has 0 aliphatic carbocycles. The molecular weight excluding hydrogens is 314 g/mol. The lowest BCUT2D eigenvalue weighted by Gasteiger charge is -2.27. The average molecular weight is 335 g/mol. The van der Waals surface area contributed by atoms with E-state index in [0.717, 1.165) is 35.5 Å². The number of nitrogens with zero attached hydrogens (tertiary/aromatic N) is 4. The molecule has 124 valence electrons. The van der Waals surface area contributed by atoms with Crippen LogP contribution in [0.25, 0.3) is 11.4 Å². The van der Waals surface area contributed by atoms with E-state index in [2.05, 4.69) is 15.2 Å². The van der Waals surface area contributed by atoms with E-state index in [0.29, 0.717) is 6.54 Å². The SMILES string of the molecule is Cc1cc(-c2cc([C@H]3CCCN3S(=O)(=O)N(C)C)ccn2)n[nH]1. The van der Waals surface area contributed by atoms with Gasteiger partial charge in [-0.15, -0.1) is 0 Å². The molecule has 1 fully saturated rings. The molecule has 1 aliphatic heterocycles. The summed E-state index contributed by atoms with van der Waals surface area (Å²) in [7, 11) is -0.293. The van der Waals surface area contributed by atoms with Gasteiger partial charge in [-0.1, -0.05) is 0 Å². The summed E-state index contributed by atoms with van der Waals surface area (Å²) in [5.74, 6) is 0. The molecule has 0 spiro atoms. The molecule has 2 aromatic heterocycles. The number of aryl methyl sites for hydroxylation is 1. The van der Waals surface area contributed by atoms with Crippen molar-refractivity contribution in [2.24, 2.45) is 0 Å². The summed E-state index contributed by atoms with van der Waals surface area (Å²) in [6.07, 6.45) is 3.39. The first-order valence-corrected chi connectivity index (χ1v) is 8.97. The second-order valence-corrected chi connectivity index (χ2v) is 8.06. The molecule has 1 N–H and O–H groups in total. The van der Waals surface area contributed by atoms with Crippen LogP contribution in [0.15, 0.2) is 24.4 Å². The Hall–Kier alpha value is -1.77. The number of H-pyrrole nitrogens is 1. The molecule has 0 amide bonds. The van der Waals surface area contributed by atoms with E-state index in [1.54, 1.807) is 24.6 Å². The van der Waals surface area contributed by atoms with E-state index in [4.69, 9.17) is 0 Å². The lowest BCUT2D eigenvalue weighted by atomic mass is 10.1. The number of hydrogen-bond donors (Lipinski definition) is 1. The molecular formula is C15H21N5O2S. The molecule has 7 nitrogen and oxygen atoms in total. The Morgan fingerprint density at radius 3 is 2.74 bits per heavy atom. The monoisotopic (exact) mass is 335 g/mol. The maximum atomic E-state index is 12.5. The van der Waals surface area contributed by atoms with E-state index in [-0.39, 0.29) is 6.04 Å². The fourth-order valence-corrected chi connectivity index (χ4v) is 4.23. The van der Waals surface area contributed by atoms with Crippen LogP contribution in [-0.4, -0.2) is 52.8 Å². The van der Waals surface area contributed by atoms with Gasteiger partial charge in [-0.05, 0) is 43.5 Å². The van der Waals surface area contributed by atoms with Crippen molar-refractivity contribution in [2.45, 2.75) is 25.8 Å². The summed E-state index contributed by atoms with van der Waals surface area (Å²) in [5, 5.41) is 7.12. The van der Waals surface area contributed by atoms with Crippen molar-refractivity contribution in [3.05, 3.63) is 35.7 Å². The molecule has 1 saturated heterocycles. The van der Waals surface area contributed by atoms with Gasteiger partial charge in [0, 0.05) is 32.5 Å². The van der Waals surface area contributed by atoms with E-state index < -0.39 is 10.2 Å². The topological polar surface area (TPSA) is 82.2 Å². The van der Waals surface area contributed by atoms with Crippen LogP contribution >= 0.6 is 0 Å². The molecule has 3 heterocycles. The standard InChI is InChI=1S/C15H21N5O2S/c1-11-9-14(18-17-11)13-10-12(6-7-16-13)15-5-4-8-20(15)23(21,22)19(2)3/h6-7,9-10,15H,4-5,8H2,1-3H3,(H,17,18)/t15-/m1/s1. The zero-order valence-corrected chi connectivity index (χ0v) is 14.3. The second kappa shape index (κ2) is 6.03. The van der Waals surface area contributed by atoms with Crippen LogP contribution in [0.1, 0.15) is 30.1 Å². The number of aromatic amines is 1. The van der Waals surface area contributed by atoms with E-state index in [1.165, 1.54) is 4.31 Å². The molecule has 1 aliphatic rings. The van der Waals surface area contributed by atoms with Gasteiger partial charge in [0.1, 0.15) is 5.69 Å². The molecule has 2 aromatic rings. The summed E-state index contributed by atoms with van der Waals surface area (Å²) in [5.41, 5.74) is 3.44. The molecule has 0 saturated carbocycles. The molecule has 3 rings (SSSR count). The first-order chi connectivity index (χ1) is 10.9. The number of pyridine rings is 1. The van der Waals surface area contributed by atoms with Crippen LogP contribution in [0.4, 0.5) is 0 Å². The fourth-order valence-electron chi connectivity index (χ4n) is 2.90. The summed E-state index contributed by atoms with van der Waals surface area (Å²) >= 11 is 0. The molecule has 23 heavy (non-hydrogen) atoms. The normalized spacial score (nSPS) is 19.6. The smallest absolute Gasteiger partial charge is 0.282 e. The van der Waals surface area contributed by atoms with Gasteiger partial charge in [0.25, 0.3) is 10.2 Å². The Bertz CT molecular complexity index is 800. The van der Waals surface area contributed by atoms with Gasteiger partial charge in [0.2, 0.25) is 0 Å². The van der Waals surface area contributed by atoms with Crippen molar-refractivity contribution in [1.29, 1.82) is 0 Å². The summed E-state index contributed by atoms with van der Waals surface area (Å²) in [4.78, 5) is 4.36. The van der Waals surface area contributed by atoms with Gasteiger partial charge in [-0.25, -0.2) is 0 Å². The minimum absolute atomic E-state index is 0.149. The Morgan fingerprint density at radius 2 is 2.09 bits per heavy atom. The van der Waals surface area contributed by atoms with E-state index in [1.807, 2.05) is 25.1 Å². The Labute approximate surface area is 136 Å². The fraction of sp³-hybridized carbons (Fsp3) is 0.467. The van der Waals surface area contributed by atoms with Crippen molar-refractivity contribution < 1.29 is 8.42 Å². The summed E-state index contributed by atoms with van der Waals surface area (Å²) in [6, 6.07) is 5.60. The largest absolute Gasteiger partial charge is 0.282 e. The van der Waals surface area contributed by atoms with Crippen molar-refractivity contribution in [3.8, 4) is 11.4 Å². The molecule has 8 heteroatoms. The second-order valence-electron chi connectivity index (χ2n) is 5.97. The van der Waals surface area contributed by atoms with Gasteiger partial charge < -0.3 is 0 Å². The predicted octanol–water partition coefficient (Wildman–Crippen LogP) is 1.72. The minimum Gasteiger partial charge on any atom is -0.282 e. The van der Waals surface area contributed by atoms with Crippen molar-refractivity contribution in [1.82, 2.24) is 23.8 Å². The minimum atomic E-state index is -3.42. The highest BCUT2D eigenvalue weighted by Gasteiger charge is 2.36. The third-order valence-electron chi connectivity index (χ3n) is 4.10. The zero-order chi connectivity index (χ0) is 16.6. The summed E-state index contributed by atoms with van der Waals surface area (Å²) in [6.45, 7) is 2.48. The average Bonchev–Trinajstić information content (AvgIpc) is 3.16. The number of rotatable bonds is 4. The van der Waals surface area contributed by atoms with Gasteiger partial charge in [0.15, 0.2) is 0 Å². The molecule has 0 radical (unpaired) electrons. The van der Waals surface area contributed by atoms with Gasteiger partial charge in [-0.2, -0.15) is 22.1 Å². The van der Waals surface area contributed by atoms with E-state index >= 15 is 0 Å². The van der Waals surface area contributed by atoms with E-state index in [9.17, 15) is 8.42 Å². The van der Waals surface area contributed by atoms with Gasteiger partial charge >= 0.3 is 0 Å². The molecule has 1 atom stereocenters. The lowest BCUT2D eigenvalue weighted by Crippen LogP contribution is -2.39. The number of aromatic nitrogens is 3. The van der Waals surface area contributed by atoms with Crippen LogP contribution in [0, 0.1) is 6.92 Å². The Kier molecular flexibility index (Phi) is 4.22. The molecule has 0 aromatic carbocycles. The molecule has 0 bridgehead atoms. The highest BCUT2D eigenvalue weighted by Crippen LogP contribution is 2.35. The quantitative estimate of drug-likeness (QED) is 0.922. The van der Waals surface area contributed by atoms with Crippen LogP contribution in [-0.2, 0) is 10.2 Å². The van der Waals surface area contributed by atoms with Gasteiger partial charge in [-0.3, -0.25) is 10.1 Å². The maximum Gasteiger partial charge on any atom is 0.282 e. The number of nitrogens with one attached hydrogen (secondary N) is 1. The summed E-state index contributed by atoms with van der Waals surface area (Å²) < 4.78 is 27.8. The lowest BCUT2D eigenvalue weighted by molar-refractivity contribution is 0.362. The first kappa shape index (κ1) is 16.1. The Balaban J connectivity index is 1.95. The van der Waals surface area contributed by atoms with Crippen LogP contribution in [0.5, 0.6) is 0 Å². The van der Waals surface area contributed by atoms with Crippen molar-refractivity contribution in [2.75, 3.05) is 20.6 Å². The van der Waals surface area contributed by atoms with Crippen LogP contribution in [0.2, 0.25) is 0 Å². The third kappa shape index (κ3) is 3.01. The third-order valence-corrected chi connectivity index (χ3v) is 6.05. The maximum absolute atomic E-state index is 12.5. The first-order valence-electron chi connectivity index (χ1n) is 7.57. The Morgan fingerprint density at radius 1 is 1.30 bits per heavy atom. The number of hydrogen-bond acceptors (Lipinski definition) is 4. The van der Waals surface area contributed by atoms with Gasteiger partial charge in [0.05, 0.1) is 11.7 Å². The predicted molar refractivity (Wildman–Crippen MR) is 87.8 cm³/mol. The highest BCUT2D eigenvalue weighted by molar-refractivity contribution is 7.86. The van der Waals surface area contributed by atoms with Crippen LogP contribution < -0.4 is 0 Å². The van der Waals surface area contributed by atoms with Crippen molar-refractivity contribution in [3.63, 3.8) is 0 Å². The van der Waals surface area contributed by atoms with Crippen LogP contribution in [0.3, 0.4) is 0 Å².